The molecule has 112 valence electrons. The average molecular weight is 436 g/mol. The molecule has 0 unspecified atom stereocenters. The molecular formula is C14H12Br2O4S. The van der Waals surface area contributed by atoms with Crippen LogP contribution in [0.5, 0.6) is 17.2 Å². The van der Waals surface area contributed by atoms with E-state index in [2.05, 4.69) is 31.9 Å². The lowest BCUT2D eigenvalue weighted by Gasteiger charge is -2.13. The Kier molecular flexibility index (Phi) is 5.29. The molecule has 0 atom stereocenters. The fourth-order valence-electron chi connectivity index (χ4n) is 1.86. The van der Waals surface area contributed by atoms with Crippen molar-refractivity contribution in [2.24, 2.45) is 0 Å². The van der Waals surface area contributed by atoms with Gasteiger partial charge < -0.3 is 14.2 Å². The number of ketones is 1. The summed E-state index contributed by atoms with van der Waals surface area (Å²) >= 11 is 8.21. The fourth-order valence-corrected chi connectivity index (χ4v) is 4.66. The molecule has 0 fully saturated rings. The van der Waals surface area contributed by atoms with Crippen LogP contribution < -0.4 is 14.2 Å². The zero-order valence-corrected chi connectivity index (χ0v) is 15.5. The Hall–Kier alpha value is -1.05. The van der Waals surface area contributed by atoms with Gasteiger partial charge in [0.1, 0.15) is 0 Å². The zero-order chi connectivity index (χ0) is 15.6. The summed E-state index contributed by atoms with van der Waals surface area (Å²) in [7, 11) is 4.56. The predicted molar refractivity (Wildman–Crippen MR) is 89.2 cm³/mol. The van der Waals surface area contributed by atoms with Crippen LogP contribution in [0.15, 0.2) is 25.8 Å². The fraction of sp³-hybridized carbons (Fsp3) is 0.214. The van der Waals surface area contributed by atoms with Crippen LogP contribution in [-0.4, -0.2) is 27.1 Å². The molecule has 1 heterocycles. The SMILES string of the molecule is COc1cc(C(=O)c2cc(Br)sc2Br)cc(OC)c1OC. The summed E-state index contributed by atoms with van der Waals surface area (Å²) in [5, 5.41) is 0. The van der Waals surface area contributed by atoms with Gasteiger partial charge in [0.2, 0.25) is 5.75 Å². The van der Waals surface area contributed by atoms with Crippen molar-refractivity contribution in [3.05, 3.63) is 36.9 Å². The van der Waals surface area contributed by atoms with E-state index in [-0.39, 0.29) is 5.78 Å². The second-order valence-corrected chi connectivity index (χ2v) is 7.73. The summed E-state index contributed by atoms with van der Waals surface area (Å²) in [6.07, 6.45) is 0. The molecule has 0 aliphatic heterocycles. The van der Waals surface area contributed by atoms with Crippen LogP contribution in [0.4, 0.5) is 0 Å². The molecule has 21 heavy (non-hydrogen) atoms. The van der Waals surface area contributed by atoms with Gasteiger partial charge in [0.05, 0.1) is 28.9 Å². The number of carbonyl (C=O) groups is 1. The van der Waals surface area contributed by atoms with E-state index >= 15 is 0 Å². The smallest absolute Gasteiger partial charge is 0.203 e. The highest BCUT2D eigenvalue weighted by Gasteiger charge is 2.20. The molecule has 1 aromatic carbocycles. The Morgan fingerprint density at radius 1 is 1.00 bits per heavy atom. The Bertz CT molecular complexity index is 657. The lowest BCUT2D eigenvalue weighted by atomic mass is 10.0. The third kappa shape index (κ3) is 3.25. The van der Waals surface area contributed by atoms with E-state index in [1.165, 1.54) is 32.7 Å². The second-order valence-electron chi connectivity index (χ2n) is 3.98. The molecule has 0 spiro atoms. The molecule has 0 aliphatic rings. The number of hydrogen-bond donors (Lipinski definition) is 0. The van der Waals surface area contributed by atoms with E-state index < -0.39 is 0 Å². The van der Waals surface area contributed by atoms with Gasteiger partial charge in [-0.05, 0) is 50.1 Å². The Balaban J connectivity index is 2.53. The molecule has 2 rings (SSSR count). The Morgan fingerprint density at radius 3 is 1.95 bits per heavy atom. The monoisotopic (exact) mass is 434 g/mol. The van der Waals surface area contributed by atoms with Gasteiger partial charge in [-0.25, -0.2) is 0 Å². The maximum atomic E-state index is 12.6. The number of halogens is 2. The molecule has 0 aliphatic carbocycles. The predicted octanol–water partition coefficient (Wildman–Crippen LogP) is 4.53. The van der Waals surface area contributed by atoms with E-state index in [1.807, 2.05) is 0 Å². The lowest BCUT2D eigenvalue weighted by Crippen LogP contribution is -2.03. The zero-order valence-electron chi connectivity index (χ0n) is 11.5. The van der Waals surface area contributed by atoms with Crippen molar-refractivity contribution in [2.75, 3.05) is 21.3 Å². The molecule has 0 saturated heterocycles. The van der Waals surface area contributed by atoms with Crippen molar-refractivity contribution < 1.29 is 19.0 Å². The van der Waals surface area contributed by atoms with Gasteiger partial charge in [0, 0.05) is 11.1 Å². The van der Waals surface area contributed by atoms with Gasteiger partial charge in [-0.1, -0.05) is 0 Å². The van der Waals surface area contributed by atoms with Gasteiger partial charge in [-0.2, -0.15) is 0 Å². The number of carbonyl (C=O) groups excluding carboxylic acids is 1. The van der Waals surface area contributed by atoms with Gasteiger partial charge in [-0.15, -0.1) is 11.3 Å². The average Bonchev–Trinajstić information content (AvgIpc) is 2.83. The van der Waals surface area contributed by atoms with Crippen LogP contribution in [0.3, 0.4) is 0 Å². The van der Waals surface area contributed by atoms with Crippen molar-refractivity contribution in [3.8, 4) is 17.2 Å². The van der Waals surface area contributed by atoms with Gasteiger partial charge >= 0.3 is 0 Å². The van der Waals surface area contributed by atoms with Crippen LogP contribution >= 0.6 is 43.2 Å². The number of methoxy groups -OCH3 is 3. The topological polar surface area (TPSA) is 44.8 Å². The lowest BCUT2D eigenvalue weighted by molar-refractivity contribution is 0.103. The van der Waals surface area contributed by atoms with Gasteiger partial charge in [-0.3, -0.25) is 4.79 Å². The first-order chi connectivity index (χ1) is 10.0. The summed E-state index contributed by atoms with van der Waals surface area (Å²) in [5.41, 5.74) is 1.05. The van der Waals surface area contributed by atoms with E-state index in [9.17, 15) is 4.79 Å². The quantitative estimate of drug-likeness (QED) is 0.647. The van der Waals surface area contributed by atoms with Crippen LogP contribution in [0.25, 0.3) is 0 Å². The molecule has 0 N–H and O–H groups in total. The molecule has 0 saturated carbocycles. The maximum absolute atomic E-state index is 12.6. The minimum absolute atomic E-state index is 0.122. The molecule has 2 aromatic rings. The summed E-state index contributed by atoms with van der Waals surface area (Å²) in [6.45, 7) is 0. The van der Waals surface area contributed by atoms with Gasteiger partial charge in [0.25, 0.3) is 0 Å². The first kappa shape index (κ1) is 16.3. The third-order valence-corrected chi connectivity index (χ3v) is 5.17. The maximum Gasteiger partial charge on any atom is 0.203 e. The standard InChI is InChI=1S/C14H12Br2O4S/c1-18-9-4-7(5-10(19-2)13(9)20-3)12(17)8-6-11(15)21-14(8)16/h4-6H,1-3H3. The first-order valence-electron chi connectivity index (χ1n) is 5.81. The summed E-state index contributed by atoms with van der Waals surface area (Å²) in [4.78, 5) is 12.6. The molecule has 1 aromatic heterocycles. The van der Waals surface area contributed by atoms with E-state index in [1.54, 1.807) is 18.2 Å². The molecule has 0 bridgehead atoms. The summed E-state index contributed by atoms with van der Waals surface area (Å²) in [6, 6.07) is 5.06. The largest absolute Gasteiger partial charge is 0.493 e. The minimum Gasteiger partial charge on any atom is -0.493 e. The van der Waals surface area contributed by atoms with E-state index in [0.29, 0.717) is 28.4 Å². The Labute approximate surface area is 143 Å². The van der Waals surface area contributed by atoms with Crippen LogP contribution in [0, 0.1) is 0 Å². The van der Waals surface area contributed by atoms with Crippen molar-refractivity contribution in [1.82, 2.24) is 0 Å². The normalized spacial score (nSPS) is 10.3. The van der Waals surface area contributed by atoms with Crippen LogP contribution in [0.2, 0.25) is 0 Å². The molecular weight excluding hydrogens is 424 g/mol. The van der Waals surface area contributed by atoms with Crippen molar-refractivity contribution in [2.45, 2.75) is 0 Å². The number of benzene rings is 1. The highest BCUT2D eigenvalue weighted by Crippen LogP contribution is 2.40. The highest BCUT2D eigenvalue weighted by molar-refractivity contribution is 9.12. The summed E-state index contributed by atoms with van der Waals surface area (Å²) in [5.74, 6) is 1.24. The highest BCUT2D eigenvalue weighted by atomic mass is 79.9. The first-order valence-corrected chi connectivity index (χ1v) is 8.21. The number of thiophene rings is 1. The number of ether oxygens (including phenoxy) is 3. The van der Waals surface area contributed by atoms with Crippen LogP contribution in [0.1, 0.15) is 15.9 Å². The Morgan fingerprint density at radius 2 is 1.57 bits per heavy atom. The second kappa shape index (κ2) is 6.81. The van der Waals surface area contributed by atoms with Crippen molar-refractivity contribution in [3.63, 3.8) is 0 Å². The summed E-state index contributed by atoms with van der Waals surface area (Å²) < 4.78 is 17.4. The van der Waals surface area contributed by atoms with Crippen molar-refractivity contribution >= 4 is 49.0 Å². The van der Waals surface area contributed by atoms with Crippen LogP contribution in [-0.2, 0) is 0 Å². The molecule has 0 radical (unpaired) electrons. The molecule has 0 amide bonds. The number of rotatable bonds is 5. The molecule has 4 nitrogen and oxygen atoms in total. The van der Waals surface area contributed by atoms with E-state index in [0.717, 1.165) is 7.57 Å². The minimum atomic E-state index is -0.122. The van der Waals surface area contributed by atoms with Crippen molar-refractivity contribution in [1.29, 1.82) is 0 Å². The number of hydrogen-bond acceptors (Lipinski definition) is 5. The van der Waals surface area contributed by atoms with Gasteiger partial charge in [0.15, 0.2) is 17.3 Å². The third-order valence-electron chi connectivity index (χ3n) is 2.83. The van der Waals surface area contributed by atoms with E-state index in [4.69, 9.17) is 14.2 Å². The molecule has 7 heteroatoms.